The number of hydrogen-bond donors (Lipinski definition) is 3. The van der Waals surface area contributed by atoms with Crippen LogP contribution < -0.4 is 21.1 Å². The average molecular weight is 647 g/mol. The highest BCUT2D eigenvalue weighted by Gasteiger charge is 2.40. The van der Waals surface area contributed by atoms with Crippen molar-refractivity contribution in [3.63, 3.8) is 0 Å². The number of anilines is 2. The topological polar surface area (TPSA) is 128 Å². The molecular formula is C24H27F9N8O3. The van der Waals surface area contributed by atoms with E-state index in [0.29, 0.717) is 44.5 Å². The lowest BCUT2D eigenvalue weighted by Gasteiger charge is -2.36. The first kappa shape index (κ1) is 33.2. The largest absolute Gasteiger partial charge is 0.423 e. The summed E-state index contributed by atoms with van der Waals surface area (Å²) in [6, 6.07) is -1.46. The van der Waals surface area contributed by atoms with Crippen LogP contribution in [0.3, 0.4) is 0 Å². The van der Waals surface area contributed by atoms with E-state index in [1.165, 1.54) is 0 Å². The molecule has 2 saturated heterocycles. The summed E-state index contributed by atoms with van der Waals surface area (Å²) in [5.74, 6) is -0.294. The molecule has 11 nitrogen and oxygen atoms in total. The van der Waals surface area contributed by atoms with Crippen LogP contribution in [0.5, 0.6) is 0 Å². The van der Waals surface area contributed by atoms with Crippen molar-refractivity contribution in [3.8, 4) is 0 Å². The number of rotatable bonds is 10. The fourth-order valence-corrected chi connectivity index (χ4v) is 4.98. The minimum atomic E-state index is -5.10. The third-order valence-electron chi connectivity index (χ3n) is 7.06. The summed E-state index contributed by atoms with van der Waals surface area (Å²) in [5.41, 5.74) is -4.92. The molecule has 2 aliphatic rings. The normalized spacial score (nSPS) is 19.5. The van der Waals surface area contributed by atoms with Crippen LogP contribution in [0.15, 0.2) is 23.4 Å². The predicted octanol–water partition coefficient (Wildman–Crippen LogP) is 2.82. The number of carbonyl (C=O) groups is 1. The Morgan fingerprint density at radius 1 is 0.932 bits per heavy atom. The van der Waals surface area contributed by atoms with Crippen LogP contribution in [0.2, 0.25) is 0 Å². The molecule has 4 rings (SSSR count). The zero-order chi connectivity index (χ0) is 32.3. The van der Waals surface area contributed by atoms with Gasteiger partial charge in [-0.25, -0.2) is 15.1 Å². The Morgan fingerprint density at radius 3 is 2.18 bits per heavy atom. The van der Waals surface area contributed by atoms with E-state index in [9.17, 15) is 49.1 Å². The van der Waals surface area contributed by atoms with E-state index >= 15 is 0 Å². The number of amides is 1. The lowest BCUT2D eigenvalue weighted by molar-refractivity contribution is -0.139. The summed E-state index contributed by atoms with van der Waals surface area (Å²) < 4.78 is 122. The third-order valence-corrected chi connectivity index (χ3v) is 7.06. The SMILES string of the molecule is O=C1[C@H](OCC(CNCC(F)(F)F)Nc2cn[nH]c(=O)c2C(F)(F)F)CCN1C1CCN(c2ncc(C(F)(F)F)cn2)CC1. The maximum absolute atomic E-state index is 13.5. The van der Waals surface area contributed by atoms with Crippen LogP contribution >= 0.6 is 0 Å². The Balaban J connectivity index is 1.35. The van der Waals surface area contributed by atoms with Crippen molar-refractivity contribution in [1.82, 2.24) is 30.4 Å². The molecule has 244 valence electrons. The van der Waals surface area contributed by atoms with Crippen molar-refractivity contribution in [2.45, 2.75) is 56.0 Å². The monoisotopic (exact) mass is 646 g/mol. The zero-order valence-electron chi connectivity index (χ0n) is 22.7. The second-order valence-corrected chi connectivity index (χ2v) is 10.2. The lowest BCUT2D eigenvalue weighted by Crippen LogP contribution is -2.47. The minimum absolute atomic E-state index is 0.118. The molecule has 0 radical (unpaired) electrons. The Bertz CT molecular complexity index is 1330. The van der Waals surface area contributed by atoms with Crippen LogP contribution in [0, 0.1) is 0 Å². The molecule has 0 aliphatic carbocycles. The van der Waals surface area contributed by atoms with Gasteiger partial charge in [0.05, 0.1) is 36.6 Å². The molecule has 4 heterocycles. The first-order valence-corrected chi connectivity index (χ1v) is 13.3. The molecule has 0 saturated carbocycles. The van der Waals surface area contributed by atoms with E-state index in [0.717, 1.165) is 0 Å². The second kappa shape index (κ2) is 13.1. The van der Waals surface area contributed by atoms with Gasteiger partial charge < -0.3 is 25.2 Å². The first-order valence-electron chi connectivity index (χ1n) is 13.3. The maximum atomic E-state index is 13.5. The molecular weight excluding hydrogens is 619 g/mol. The highest BCUT2D eigenvalue weighted by molar-refractivity contribution is 5.83. The average Bonchev–Trinajstić information content (AvgIpc) is 3.30. The number of ether oxygens (including phenoxy) is 1. The Hall–Kier alpha value is -3.68. The summed E-state index contributed by atoms with van der Waals surface area (Å²) in [4.78, 5) is 35.7. The maximum Gasteiger partial charge on any atom is 0.423 e. The highest BCUT2D eigenvalue weighted by atomic mass is 19.4. The van der Waals surface area contributed by atoms with Crippen molar-refractivity contribution < 1.29 is 49.0 Å². The summed E-state index contributed by atoms with van der Waals surface area (Å²) in [6.07, 6.45) is -12.1. The summed E-state index contributed by atoms with van der Waals surface area (Å²) in [5, 5.41) is 9.42. The minimum Gasteiger partial charge on any atom is -0.377 e. The van der Waals surface area contributed by atoms with Gasteiger partial charge in [0.25, 0.3) is 11.5 Å². The number of halogens is 9. The summed E-state index contributed by atoms with van der Waals surface area (Å²) in [7, 11) is 0. The van der Waals surface area contributed by atoms with Crippen molar-refractivity contribution in [1.29, 1.82) is 0 Å². The summed E-state index contributed by atoms with van der Waals surface area (Å²) >= 11 is 0. The number of nitrogens with zero attached hydrogens (tertiary/aromatic N) is 5. The Kier molecular flexibility index (Phi) is 9.91. The fraction of sp³-hybridized carbons (Fsp3) is 0.625. The van der Waals surface area contributed by atoms with E-state index in [1.54, 1.807) is 14.9 Å². The van der Waals surface area contributed by atoms with Gasteiger partial charge in [-0.05, 0) is 12.8 Å². The van der Waals surface area contributed by atoms with Gasteiger partial charge in [0.15, 0.2) is 0 Å². The Morgan fingerprint density at radius 2 is 1.59 bits per heavy atom. The molecule has 0 bridgehead atoms. The molecule has 2 atom stereocenters. The first-order chi connectivity index (χ1) is 20.5. The molecule has 20 heteroatoms. The van der Waals surface area contributed by atoms with E-state index in [2.05, 4.69) is 25.7 Å². The van der Waals surface area contributed by atoms with Gasteiger partial charge in [-0.2, -0.15) is 44.6 Å². The number of carbonyl (C=O) groups excluding carboxylic acids is 1. The van der Waals surface area contributed by atoms with E-state index < -0.39 is 78.7 Å². The molecule has 2 fully saturated rings. The van der Waals surface area contributed by atoms with Gasteiger partial charge in [0.2, 0.25) is 5.95 Å². The van der Waals surface area contributed by atoms with Crippen molar-refractivity contribution in [2.75, 3.05) is 49.5 Å². The van der Waals surface area contributed by atoms with E-state index in [1.807, 2.05) is 0 Å². The Labute approximate surface area is 243 Å². The van der Waals surface area contributed by atoms with Gasteiger partial charge >= 0.3 is 18.5 Å². The quantitative estimate of drug-likeness (QED) is 0.334. The zero-order valence-corrected chi connectivity index (χ0v) is 22.7. The summed E-state index contributed by atoms with van der Waals surface area (Å²) in [6.45, 7) is -1.47. The molecule has 2 aliphatic heterocycles. The molecule has 0 spiro atoms. The fourth-order valence-electron chi connectivity index (χ4n) is 4.98. The third kappa shape index (κ3) is 8.48. The van der Waals surface area contributed by atoms with Crippen molar-refractivity contribution in [3.05, 3.63) is 40.1 Å². The number of alkyl halides is 9. The molecule has 44 heavy (non-hydrogen) atoms. The number of piperidine rings is 1. The molecule has 0 aromatic carbocycles. The molecule has 3 N–H and O–H groups in total. The lowest BCUT2D eigenvalue weighted by atomic mass is 10.0. The van der Waals surface area contributed by atoms with Gasteiger partial charge in [-0.1, -0.05) is 0 Å². The number of nitrogens with one attached hydrogen (secondary N) is 3. The second-order valence-electron chi connectivity index (χ2n) is 10.2. The number of H-pyrrole nitrogens is 1. The predicted molar refractivity (Wildman–Crippen MR) is 135 cm³/mol. The highest BCUT2D eigenvalue weighted by Crippen LogP contribution is 2.32. The van der Waals surface area contributed by atoms with Gasteiger partial charge in [-0.15, -0.1) is 0 Å². The van der Waals surface area contributed by atoms with Gasteiger partial charge in [0, 0.05) is 51.0 Å². The van der Waals surface area contributed by atoms with Crippen LogP contribution in [-0.2, 0) is 21.9 Å². The standard InChI is InChI=1S/C24H27F9N8O3/c25-22(26,27)12-34-9-14(38-16-10-37-39-19(42)18(16)24(31,32)33)11-44-17-3-6-41(20(17)43)15-1-4-40(5-2-15)21-35-7-13(8-36-21)23(28,29)30/h7-8,10,14-15,17,34H,1-6,9,11-12H2,(H2,38,39,42)/t14?,17-/m1/s1. The molecule has 1 amide bonds. The smallest absolute Gasteiger partial charge is 0.377 e. The van der Waals surface area contributed by atoms with Gasteiger partial charge in [0.1, 0.15) is 11.7 Å². The number of likely N-dealkylation sites (tertiary alicyclic amines) is 1. The molecule has 1 unspecified atom stereocenters. The van der Waals surface area contributed by atoms with E-state index in [-0.39, 0.29) is 25.0 Å². The number of aromatic nitrogens is 4. The van der Waals surface area contributed by atoms with Gasteiger partial charge in [-0.3, -0.25) is 9.59 Å². The van der Waals surface area contributed by atoms with Crippen LogP contribution in [-0.4, -0.2) is 94.7 Å². The number of aromatic amines is 1. The number of hydrogen-bond acceptors (Lipinski definition) is 9. The van der Waals surface area contributed by atoms with Crippen molar-refractivity contribution >= 4 is 17.5 Å². The van der Waals surface area contributed by atoms with Crippen LogP contribution in [0.1, 0.15) is 30.4 Å². The van der Waals surface area contributed by atoms with Crippen LogP contribution in [0.4, 0.5) is 51.1 Å². The van der Waals surface area contributed by atoms with Crippen molar-refractivity contribution in [2.24, 2.45) is 0 Å². The van der Waals surface area contributed by atoms with E-state index in [4.69, 9.17) is 4.74 Å². The molecule has 2 aromatic rings. The van der Waals surface area contributed by atoms with Crippen LogP contribution in [0.25, 0.3) is 0 Å². The molecule has 2 aromatic heterocycles.